The summed E-state index contributed by atoms with van der Waals surface area (Å²) in [5.41, 5.74) is 2.18. The van der Waals surface area contributed by atoms with Gasteiger partial charge in [-0.25, -0.2) is 9.78 Å². The van der Waals surface area contributed by atoms with E-state index in [1.54, 1.807) is 12.1 Å². The Morgan fingerprint density at radius 2 is 1.85 bits per heavy atom. The molecule has 2 saturated heterocycles. The molecule has 0 bridgehead atoms. The van der Waals surface area contributed by atoms with E-state index in [4.69, 9.17) is 0 Å². The summed E-state index contributed by atoms with van der Waals surface area (Å²) in [6.07, 6.45) is 6.67. The normalized spacial score (nSPS) is 18.5. The second kappa shape index (κ2) is 11.2. The van der Waals surface area contributed by atoms with Crippen molar-refractivity contribution in [1.29, 1.82) is 0 Å². The molecule has 4 rings (SSSR count). The molecular weight excluding hydrogens is 430 g/mol. The van der Waals surface area contributed by atoms with E-state index in [-0.39, 0.29) is 17.5 Å². The number of piperidine rings is 1. The van der Waals surface area contributed by atoms with Gasteiger partial charge in [0.15, 0.2) is 0 Å². The Labute approximate surface area is 200 Å². The van der Waals surface area contributed by atoms with Gasteiger partial charge in [-0.15, -0.1) is 0 Å². The Kier molecular flexibility index (Phi) is 7.80. The second-order valence-electron chi connectivity index (χ2n) is 8.99. The maximum absolute atomic E-state index is 11.8. The molecule has 0 saturated carbocycles. The SMILES string of the molecule is C=CC(=O)N[C@@H]1CCCN(c2ccc(C(=O)O)c(Nc3ccc(CCN4CCCC4)cc3)n2)C1. The first-order chi connectivity index (χ1) is 16.5. The monoisotopic (exact) mass is 463 g/mol. The minimum atomic E-state index is -1.03. The third-order valence-corrected chi connectivity index (χ3v) is 6.52. The van der Waals surface area contributed by atoms with Crippen LogP contribution in [-0.2, 0) is 11.2 Å². The van der Waals surface area contributed by atoms with Crippen molar-refractivity contribution in [1.82, 2.24) is 15.2 Å². The van der Waals surface area contributed by atoms with Crippen molar-refractivity contribution in [3.05, 3.63) is 60.2 Å². The van der Waals surface area contributed by atoms with Crippen molar-refractivity contribution >= 4 is 29.2 Å². The summed E-state index contributed by atoms with van der Waals surface area (Å²) in [6.45, 7) is 8.38. The van der Waals surface area contributed by atoms with Gasteiger partial charge in [-0.05, 0) is 81.1 Å². The van der Waals surface area contributed by atoms with Gasteiger partial charge in [0, 0.05) is 31.4 Å². The lowest BCUT2D eigenvalue weighted by Gasteiger charge is -2.34. The van der Waals surface area contributed by atoms with E-state index in [2.05, 4.69) is 44.1 Å². The number of amides is 1. The molecule has 0 aliphatic carbocycles. The molecule has 0 unspecified atom stereocenters. The quantitative estimate of drug-likeness (QED) is 0.490. The van der Waals surface area contributed by atoms with E-state index in [1.165, 1.54) is 37.6 Å². The number of aromatic carboxylic acids is 1. The van der Waals surface area contributed by atoms with Crippen LogP contribution >= 0.6 is 0 Å². The van der Waals surface area contributed by atoms with Crippen molar-refractivity contribution in [3.8, 4) is 0 Å². The van der Waals surface area contributed by atoms with Crippen LogP contribution in [0, 0.1) is 0 Å². The number of likely N-dealkylation sites (tertiary alicyclic amines) is 1. The summed E-state index contributed by atoms with van der Waals surface area (Å²) in [5.74, 6) is -0.217. The molecule has 0 radical (unpaired) electrons. The molecule has 2 aromatic rings. The number of rotatable bonds is 9. The van der Waals surface area contributed by atoms with Crippen molar-refractivity contribution in [2.45, 2.75) is 38.1 Å². The maximum atomic E-state index is 11.8. The van der Waals surface area contributed by atoms with E-state index in [9.17, 15) is 14.7 Å². The molecule has 1 atom stereocenters. The summed E-state index contributed by atoms with van der Waals surface area (Å²) in [5, 5.41) is 15.8. The zero-order chi connectivity index (χ0) is 23.9. The van der Waals surface area contributed by atoms with Gasteiger partial charge in [-0.2, -0.15) is 0 Å². The number of nitrogens with zero attached hydrogens (tertiary/aromatic N) is 3. The largest absolute Gasteiger partial charge is 0.478 e. The van der Waals surface area contributed by atoms with Crippen LogP contribution in [0.15, 0.2) is 49.1 Å². The van der Waals surface area contributed by atoms with E-state index in [0.29, 0.717) is 18.2 Å². The molecule has 8 nitrogen and oxygen atoms in total. The summed E-state index contributed by atoms with van der Waals surface area (Å²) < 4.78 is 0. The number of carbonyl (C=O) groups is 2. The standard InChI is InChI=1S/C26H33N5O3/c1-2-24(32)27-21-6-5-16-31(18-21)23-12-11-22(26(33)34)25(29-23)28-20-9-7-19(8-10-20)13-17-30-14-3-4-15-30/h2,7-12,21H,1,3-6,13-18H2,(H,27,32)(H,28,29)(H,33,34)/t21-/m1/s1. The highest BCUT2D eigenvalue weighted by molar-refractivity contribution is 5.94. The van der Waals surface area contributed by atoms with Crippen molar-refractivity contribution in [2.75, 3.05) is 42.9 Å². The molecule has 0 spiro atoms. The molecule has 180 valence electrons. The molecule has 1 amide bonds. The maximum Gasteiger partial charge on any atom is 0.339 e. The smallest absolute Gasteiger partial charge is 0.339 e. The number of carboxylic acid groups (broad SMARTS) is 1. The van der Waals surface area contributed by atoms with E-state index >= 15 is 0 Å². The number of benzene rings is 1. The van der Waals surface area contributed by atoms with E-state index in [1.807, 2.05) is 12.1 Å². The summed E-state index contributed by atoms with van der Waals surface area (Å²) in [7, 11) is 0. The van der Waals surface area contributed by atoms with Crippen LogP contribution in [0.5, 0.6) is 0 Å². The number of pyridine rings is 1. The van der Waals surface area contributed by atoms with Crippen LogP contribution in [0.2, 0.25) is 0 Å². The number of hydrogen-bond donors (Lipinski definition) is 3. The van der Waals surface area contributed by atoms with Gasteiger partial charge in [-0.1, -0.05) is 18.7 Å². The minimum Gasteiger partial charge on any atom is -0.478 e. The molecule has 2 aliphatic rings. The number of aromatic nitrogens is 1. The summed E-state index contributed by atoms with van der Waals surface area (Å²) >= 11 is 0. The summed E-state index contributed by atoms with van der Waals surface area (Å²) in [4.78, 5) is 32.7. The molecular formula is C26H33N5O3. The third kappa shape index (κ3) is 6.14. The fourth-order valence-electron chi connectivity index (χ4n) is 4.64. The van der Waals surface area contributed by atoms with Crippen molar-refractivity contribution in [3.63, 3.8) is 0 Å². The lowest BCUT2D eigenvalue weighted by atomic mass is 10.1. The Bertz CT molecular complexity index is 1020. The first-order valence-electron chi connectivity index (χ1n) is 12.0. The average molecular weight is 464 g/mol. The van der Waals surface area contributed by atoms with Gasteiger partial charge in [-0.3, -0.25) is 4.79 Å². The minimum absolute atomic E-state index is 0.00436. The van der Waals surface area contributed by atoms with Gasteiger partial charge in [0.1, 0.15) is 17.2 Å². The van der Waals surface area contributed by atoms with Crippen molar-refractivity contribution < 1.29 is 14.7 Å². The zero-order valence-electron chi connectivity index (χ0n) is 19.5. The number of nitrogens with one attached hydrogen (secondary N) is 2. The highest BCUT2D eigenvalue weighted by Gasteiger charge is 2.23. The zero-order valence-corrected chi connectivity index (χ0v) is 19.5. The van der Waals surface area contributed by atoms with Gasteiger partial charge in [0.05, 0.1) is 0 Å². The Morgan fingerprint density at radius 3 is 2.56 bits per heavy atom. The number of anilines is 3. The van der Waals surface area contributed by atoms with Crippen LogP contribution in [0.4, 0.5) is 17.3 Å². The van der Waals surface area contributed by atoms with Crippen LogP contribution in [0.3, 0.4) is 0 Å². The van der Waals surface area contributed by atoms with Gasteiger partial charge in [0.2, 0.25) is 5.91 Å². The van der Waals surface area contributed by atoms with Crippen LogP contribution < -0.4 is 15.5 Å². The lowest BCUT2D eigenvalue weighted by molar-refractivity contribution is -0.117. The van der Waals surface area contributed by atoms with E-state index < -0.39 is 5.97 Å². The van der Waals surface area contributed by atoms with Gasteiger partial charge >= 0.3 is 5.97 Å². The molecule has 34 heavy (non-hydrogen) atoms. The predicted molar refractivity (Wildman–Crippen MR) is 134 cm³/mol. The van der Waals surface area contributed by atoms with Crippen LogP contribution in [0.25, 0.3) is 0 Å². The predicted octanol–water partition coefficient (Wildman–Crippen LogP) is 3.43. The Hall–Kier alpha value is -3.39. The van der Waals surface area contributed by atoms with Crippen LogP contribution in [-0.4, -0.2) is 65.6 Å². The molecule has 2 aliphatic heterocycles. The fraction of sp³-hybridized carbons (Fsp3) is 0.423. The number of hydrogen-bond acceptors (Lipinski definition) is 6. The summed E-state index contributed by atoms with van der Waals surface area (Å²) in [6, 6.07) is 11.4. The number of carboxylic acids is 1. The van der Waals surface area contributed by atoms with E-state index in [0.717, 1.165) is 38.0 Å². The van der Waals surface area contributed by atoms with Crippen molar-refractivity contribution in [2.24, 2.45) is 0 Å². The fourth-order valence-corrected chi connectivity index (χ4v) is 4.64. The molecule has 8 heteroatoms. The lowest BCUT2D eigenvalue weighted by Crippen LogP contribution is -2.47. The topological polar surface area (TPSA) is 97.8 Å². The van der Waals surface area contributed by atoms with Gasteiger partial charge < -0.3 is 25.5 Å². The van der Waals surface area contributed by atoms with Gasteiger partial charge in [0.25, 0.3) is 0 Å². The van der Waals surface area contributed by atoms with Crippen LogP contribution in [0.1, 0.15) is 41.6 Å². The Morgan fingerprint density at radius 1 is 1.09 bits per heavy atom. The Balaban J connectivity index is 1.45. The second-order valence-corrected chi connectivity index (χ2v) is 8.99. The molecule has 3 N–H and O–H groups in total. The third-order valence-electron chi connectivity index (χ3n) is 6.52. The molecule has 1 aromatic heterocycles. The first-order valence-corrected chi connectivity index (χ1v) is 12.0. The molecule has 1 aromatic carbocycles. The number of carbonyl (C=O) groups excluding carboxylic acids is 1. The first kappa shape index (κ1) is 23.8. The average Bonchev–Trinajstić information content (AvgIpc) is 3.37. The molecule has 3 heterocycles. The molecule has 2 fully saturated rings. The highest BCUT2D eigenvalue weighted by Crippen LogP contribution is 2.25. The highest BCUT2D eigenvalue weighted by atomic mass is 16.4.